The van der Waals surface area contributed by atoms with Gasteiger partial charge in [-0.1, -0.05) is 0 Å². The van der Waals surface area contributed by atoms with Gasteiger partial charge in [-0.15, -0.1) is 0 Å². The topological polar surface area (TPSA) is 69.2 Å². The molecule has 11 heteroatoms. The molecule has 0 aliphatic carbocycles. The van der Waals surface area contributed by atoms with Gasteiger partial charge in [-0.2, -0.15) is 0 Å². The van der Waals surface area contributed by atoms with Gasteiger partial charge in [0.1, 0.15) is 0 Å². The van der Waals surface area contributed by atoms with E-state index in [1.54, 1.807) is 0 Å². The Bertz CT molecular complexity index is 60.6. The standard InChI is InChI=1S/3GeHOS.Li.Zn/c3*2-1-3;;/h3*1H;;/q3*-1;+1;+2. The summed E-state index contributed by atoms with van der Waals surface area (Å²) in [5.74, 6) is 0. The second-order valence-corrected chi connectivity index (χ2v) is 4.50. The fourth-order valence-electron chi connectivity index (χ4n) is 0. The average molecular weight is 437 g/mol. The summed E-state index contributed by atoms with van der Waals surface area (Å²) < 4.78 is 26.7. The first-order valence-electron chi connectivity index (χ1n) is 1.41. The summed E-state index contributed by atoms with van der Waals surface area (Å²) in [6.07, 6.45) is 0. The normalized spacial score (nSPS) is 3.27. The first-order chi connectivity index (χ1) is 4.24. The van der Waals surface area contributed by atoms with Crippen LogP contribution in [0.5, 0.6) is 0 Å². The van der Waals surface area contributed by atoms with Crippen molar-refractivity contribution < 1.29 is 50.7 Å². The van der Waals surface area contributed by atoms with Crippen molar-refractivity contribution in [3.8, 4) is 0 Å². The van der Waals surface area contributed by atoms with Crippen molar-refractivity contribution in [1.29, 1.82) is 0 Å². The van der Waals surface area contributed by atoms with Gasteiger partial charge >= 0.3 is 124 Å². The van der Waals surface area contributed by atoms with Gasteiger partial charge < -0.3 is 0 Å². The van der Waals surface area contributed by atoms with Crippen molar-refractivity contribution in [2.75, 3.05) is 0 Å². The zero-order valence-electron chi connectivity index (χ0n) is 5.89. The summed E-state index contributed by atoms with van der Waals surface area (Å²) in [5, 5.41) is 0. The van der Waals surface area contributed by atoms with E-state index in [2.05, 4.69) is 31.4 Å². The first kappa shape index (κ1) is 29.2. The first-order valence-corrected chi connectivity index (χ1v) is 14.7. The maximum atomic E-state index is 8.90. The third-order valence-corrected chi connectivity index (χ3v) is 0. The van der Waals surface area contributed by atoms with Gasteiger partial charge in [0.2, 0.25) is 0 Å². The summed E-state index contributed by atoms with van der Waals surface area (Å²) in [7, 11) is 12.0. The van der Waals surface area contributed by atoms with Gasteiger partial charge in [-0.3, -0.25) is 0 Å². The molecule has 0 aromatic rings. The van der Waals surface area contributed by atoms with E-state index in [1.165, 1.54) is 0 Å². The van der Waals surface area contributed by atoms with Gasteiger partial charge in [0.25, 0.3) is 0 Å². The van der Waals surface area contributed by atoms with Crippen LogP contribution < -0.4 is 31.3 Å². The van der Waals surface area contributed by atoms with Crippen LogP contribution >= 0.6 is 31.4 Å². The fourth-order valence-corrected chi connectivity index (χ4v) is 0. The van der Waals surface area contributed by atoms with Crippen LogP contribution in [0.3, 0.4) is 0 Å². The minimum Gasteiger partial charge on any atom is 2.00 e. The van der Waals surface area contributed by atoms with Crippen molar-refractivity contribution >= 4 is 73.7 Å². The molecule has 0 bridgehead atoms. The van der Waals surface area contributed by atoms with Crippen molar-refractivity contribution in [3.05, 3.63) is 0 Å². The van der Waals surface area contributed by atoms with Crippen LogP contribution in [0.1, 0.15) is 0 Å². The Hall–Kier alpha value is 2.91. The van der Waals surface area contributed by atoms with E-state index in [0.717, 1.165) is 0 Å². The average Bonchev–Trinajstić information content (AvgIpc) is 1.70. The van der Waals surface area contributed by atoms with Crippen LogP contribution in [0, 0.1) is 0 Å². The van der Waals surface area contributed by atoms with E-state index in [-0.39, 0.29) is 38.3 Å². The third-order valence-electron chi connectivity index (χ3n) is 0. The Morgan fingerprint density at radius 3 is 0.727 bits per heavy atom. The maximum Gasteiger partial charge on any atom is 2.00 e. The maximum absolute atomic E-state index is 8.90. The molecule has 0 aliphatic rings. The molecule has 0 fully saturated rings. The van der Waals surface area contributed by atoms with Gasteiger partial charge in [-0.05, 0) is 0 Å². The summed E-state index contributed by atoms with van der Waals surface area (Å²) in [6, 6.07) is 0. The smallest absolute Gasteiger partial charge is 2.00 e. The molecule has 0 unspecified atom stereocenters. The van der Waals surface area contributed by atoms with E-state index in [9.17, 15) is 0 Å². The van der Waals surface area contributed by atoms with E-state index < -0.39 is 42.3 Å². The molecule has 0 aliphatic heterocycles. The SMILES string of the molecule is [Li+].[O-][GeH]=[S].[O-][GeH]=[S].[O-][GeH]=[S].[Zn+2]. The second-order valence-electron chi connectivity index (χ2n) is 0.289. The fraction of sp³-hybridized carbons (Fsp3) is 0. The summed E-state index contributed by atoms with van der Waals surface area (Å²) in [4.78, 5) is 0. The molecule has 3 nitrogen and oxygen atoms in total. The molecule has 0 rings (SSSR count). The minimum atomic E-state index is -1.35. The van der Waals surface area contributed by atoms with E-state index >= 15 is 0 Å². The molecule has 0 saturated carbocycles. The quantitative estimate of drug-likeness (QED) is 0.351. The van der Waals surface area contributed by atoms with Gasteiger partial charge in [-0.25, -0.2) is 0 Å². The van der Waals surface area contributed by atoms with Crippen LogP contribution in [-0.2, 0) is 19.5 Å². The Morgan fingerprint density at radius 1 is 0.727 bits per heavy atom. The van der Waals surface area contributed by atoms with Gasteiger partial charge in [0, 0.05) is 0 Å². The molecule has 0 amide bonds. The monoisotopic (exact) mass is 440 g/mol. The van der Waals surface area contributed by atoms with E-state index in [1.807, 2.05) is 0 Å². The predicted molar refractivity (Wildman–Crippen MR) is 44.2 cm³/mol. The molecule has 11 heavy (non-hydrogen) atoms. The van der Waals surface area contributed by atoms with Gasteiger partial charge in [0.05, 0.1) is 0 Å². The molecule has 54 valence electrons. The van der Waals surface area contributed by atoms with Crippen LogP contribution in [0.2, 0.25) is 0 Å². The summed E-state index contributed by atoms with van der Waals surface area (Å²) in [5.41, 5.74) is 0. The summed E-state index contributed by atoms with van der Waals surface area (Å²) in [6.45, 7) is 0. The third kappa shape index (κ3) is 182. The molecule has 0 N–H and O–H groups in total. The van der Waals surface area contributed by atoms with E-state index in [4.69, 9.17) is 12.4 Å². The van der Waals surface area contributed by atoms with Crippen LogP contribution in [0.15, 0.2) is 0 Å². The molecule has 0 aromatic heterocycles. The minimum absolute atomic E-state index is 0. The van der Waals surface area contributed by atoms with Crippen molar-refractivity contribution in [1.82, 2.24) is 0 Å². The zero-order chi connectivity index (χ0) is 8.12. The zero-order valence-corrected chi connectivity index (χ0v) is 18.6. The molecular formula is H3Ge3LiO3S3Zn. The van der Waals surface area contributed by atoms with Crippen molar-refractivity contribution in [3.63, 3.8) is 0 Å². The number of rotatable bonds is 0. The number of hydrogen-bond acceptors (Lipinski definition) is 6. The predicted octanol–water partition coefficient (Wildman–Crippen LogP) is -6.57. The van der Waals surface area contributed by atoms with Crippen LogP contribution in [-0.4, -0.2) is 42.3 Å². The summed E-state index contributed by atoms with van der Waals surface area (Å²) >= 11 is -4.06. The molecule has 0 radical (unpaired) electrons. The molecular weight excluding hydrogens is 434 g/mol. The Labute approximate surface area is 122 Å². The second kappa shape index (κ2) is 52.4. The Balaban J connectivity index is -0.0000000150. The molecule has 0 atom stereocenters. The Kier molecular flexibility index (Phi) is 139. The van der Waals surface area contributed by atoms with Crippen LogP contribution in [0.4, 0.5) is 0 Å². The molecule has 0 spiro atoms. The largest absolute Gasteiger partial charge is 2.00 e. The number of hydrogen-bond donors (Lipinski definition) is 0. The molecule has 0 heterocycles. The van der Waals surface area contributed by atoms with E-state index in [0.29, 0.717) is 0 Å². The van der Waals surface area contributed by atoms with Crippen molar-refractivity contribution in [2.45, 2.75) is 0 Å². The Morgan fingerprint density at radius 2 is 0.727 bits per heavy atom. The van der Waals surface area contributed by atoms with Gasteiger partial charge in [0.15, 0.2) is 0 Å². The molecule has 0 aromatic carbocycles. The van der Waals surface area contributed by atoms with Crippen molar-refractivity contribution in [2.24, 2.45) is 0 Å². The molecule has 0 saturated heterocycles. The van der Waals surface area contributed by atoms with Crippen LogP contribution in [0.25, 0.3) is 0 Å².